The number of amides is 2. The van der Waals surface area contributed by atoms with Crippen molar-refractivity contribution in [2.24, 2.45) is 11.7 Å². The van der Waals surface area contributed by atoms with Gasteiger partial charge in [-0.15, -0.1) is 0 Å². The van der Waals surface area contributed by atoms with Gasteiger partial charge in [-0.25, -0.2) is 9.18 Å². The summed E-state index contributed by atoms with van der Waals surface area (Å²) in [6.07, 6.45) is 0.741. The second-order valence-electron chi connectivity index (χ2n) is 6.19. The summed E-state index contributed by atoms with van der Waals surface area (Å²) in [4.78, 5) is 24.1. The van der Waals surface area contributed by atoms with Crippen LogP contribution in [0.5, 0.6) is 0 Å². The van der Waals surface area contributed by atoms with Crippen LogP contribution in [0.15, 0.2) is 30.5 Å². The van der Waals surface area contributed by atoms with Crippen molar-refractivity contribution in [3.8, 4) is 6.07 Å². The number of nitrogens with two attached hydrogens (primary N) is 1. The zero-order valence-corrected chi connectivity index (χ0v) is 14.2. The van der Waals surface area contributed by atoms with Gasteiger partial charge in [0.15, 0.2) is 5.82 Å². The van der Waals surface area contributed by atoms with E-state index in [-0.39, 0.29) is 24.5 Å². The molecule has 0 radical (unpaired) electrons. The molecule has 2 atom stereocenters. The number of carbonyl (C=O) groups excluding carboxylic acids is 1. The summed E-state index contributed by atoms with van der Waals surface area (Å²) in [6.45, 7) is 0.313. The van der Waals surface area contributed by atoms with Gasteiger partial charge in [0.2, 0.25) is 0 Å². The van der Waals surface area contributed by atoms with Gasteiger partial charge in [0.05, 0.1) is 18.0 Å². The van der Waals surface area contributed by atoms with Crippen LogP contribution in [-0.2, 0) is 0 Å². The van der Waals surface area contributed by atoms with Crippen molar-refractivity contribution in [2.75, 3.05) is 18.4 Å². The Morgan fingerprint density at radius 1 is 1.37 bits per heavy atom. The first kappa shape index (κ1) is 18.2. The molecule has 1 aromatic carbocycles. The van der Waals surface area contributed by atoms with Gasteiger partial charge in [-0.05, 0) is 30.7 Å². The van der Waals surface area contributed by atoms with Crippen LogP contribution in [-0.4, -0.2) is 44.9 Å². The molecule has 2 heterocycles. The van der Waals surface area contributed by atoms with Gasteiger partial charge in [-0.2, -0.15) is 10.4 Å². The molecule has 0 spiro atoms. The van der Waals surface area contributed by atoms with Gasteiger partial charge in [0.25, 0.3) is 5.91 Å². The lowest BCUT2D eigenvalue weighted by Gasteiger charge is -2.33. The van der Waals surface area contributed by atoms with Gasteiger partial charge < -0.3 is 21.1 Å². The van der Waals surface area contributed by atoms with Crippen molar-refractivity contribution in [3.63, 3.8) is 0 Å². The number of anilines is 2. The second kappa shape index (κ2) is 7.33. The summed E-state index contributed by atoms with van der Waals surface area (Å²) < 4.78 is 14.5. The quantitative estimate of drug-likeness (QED) is 0.750. The van der Waals surface area contributed by atoms with Crippen molar-refractivity contribution in [3.05, 3.63) is 41.8 Å². The lowest BCUT2D eigenvalue weighted by molar-refractivity contribution is 0.100. The summed E-state index contributed by atoms with van der Waals surface area (Å²) in [7, 11) is 0. The summed E-state index contributed by atoms with van der Waals surface area (Å²) in [5, 5.41) is 25.8. The first-order valence-electron chi connectivity index (χ1n) is 8.18. The lowest BCUT2D eigenvalue weighted by atomic mass is 9.94. The van der Waals surface area contributed by atoms with Crippen LogP contribution in [0.25, 0.3) is 0 Å². The van der Waals surface area contributed by atoms with Gasteiger partial charge in [0, 0.05) is 25.0 Å². The molecule has 0 saturated carbocycles. The highest BCUT2D eigenvalue weighted by atomic mass is 19.1. The minimum absolute atomic E-state index is 0.0585. The molecule has 2 aromatic rings. The second-order valence-corrected chi connectivity index (χ2v) is 6.19. The van der Waals surface area contributed by atoms with Crippen molar-refractivity contribution in [1.29, 1.82) is 5.26 Å². The van der Waals surface area contributed by atoms with E-state index >= 15 is 0 Å². The number of halogens is 1. The number of benzene rings is 1. The Bertz CT molecular complexity index is 904. The van der Waals surface area contributed by atoms with Crippen LogP contribution >= 0.6 is 0 Å². The molecule has 1 saturated heterocycles. The minimum Gasteiger partial charge on any atom is -0.465 e. The first-order valence-corrected chi connectivity index (χ1v) is 8.18. The van der Waals surface area contributed by atoms with Crippen LogP contribution in [0.3, 0.4) is 0 Å². The van der Waals surface area contributed by atoms with Gasteiger partial charge in [-0.1, -0.05) is 0 Å². The standard InChI is InChI=1S/C17H17FN6O3/c18-11-1-3-12(4-2-11)21-16-13(15(20)25)9-24(22-16)14-5-6-23(17(26)27)8-10(14)7-19/h1-4,9-10,14H,5-6,8H2,(H2,20,25)(H,21,22)(H,26,27)/t10-,14-/m1/s1. The molecule has 0 bridgehead atoms. The highest BCUT2D eigenvalue weighted by Crippen LogP contribution is 2.30. The van der Waals surface area contributed by atoms with Gasteiger partial charge >= 0.3 is 6.09 Å². The van der Waals surface area contributed by atoms with E-state index in [1.807, 2.05) is 0 Å². The average Bonchev–Trinajstić information content (AvgIpc) is 3.07. The highest BCUT2D eigenvalue weighted by molar-refractivity contribution is 5.98. The van der Waals surface area contributed by atoms with Gasteiger partial charge in [0.1, 0.15) is 11.4 Å². The summed E-state index contributed by atoms with van der Waals surface area (Å²) in [6, 6.07) is 7.21. The van der Waals surface area contributed by atoms with Crippen molar-refractivity contribution >= 4 is 23.5 Å². The maximum Gasteiger partial charge on any atom is 0.407 e. The summed E-state index contributed by atoms with van der Waals surface area (Å²) in [5.74, 6) is -1.54. The van der Waals surface area contributed by atoms with E-state index in [0.717, 1.165) is 0 Å². The molecule has 4 N–H and O–H groups in total. The Kier molecular flexibility index (Phi) is 4.94. The molecule has 9 nitrogen and oxygen atoms in total. The molecule has 3 rings (SSSR count). The largest absolute Gasteiger partial charge is 0.465 e. The Hall–Kier alpha value is -3.61. The number of primary amides is 1. The number of carboxylic acid groups (broad SMARTS) is 1. The molecular formula is C17H17FN6O3. The molecule has 1 aliphatic rings. The average molecular weight is 372 g/mol. The zero-order chi connectivity index (χ0) is 19.6. The molecule has 1 aliphatic heterocycles. The number of hydrogen-bond acceptors (Lipinski definition) is 5. The normalized spacial score (nSPS) is 19.3. The minimum atomic E-state index is -1.08. The SMILES string of the molecule is N#C[C@@H]1CN(C(=O)O)CC[C@H]1n1cc(C(N)=O)c(Nc2ccc(F)cc2)n1. The number of hydrogen-bond donors (Lipinski definition) is 3. The van der Waals surface area contributed by atoms with E-state index < -0.39 is 29.8 Å². The number of likely N-dealkylation sites (tertiary alicyclic amines) is 1. The molecule has 2 amide bonds. The number of aromatic nitrogens is 2. The van der Waals surface area contributed by atoms with Gasteiger partial charge in [-0.3, -0.25) is 9.48 Å². The molecular weight excluding hydrogens is 355 g/mol. The van der Waals surface area contributed by atoms with Crippen LogP contribution in [0.2, 0.25) is 0 Å². The Labute approximate surface area is 153 Å². The lowest BCUT2D eigenvalue weighted by Crippen LogP contribution is -2.43. The van der Waals surface area contributed by atoms with E-state index in [1.165, 1.54) is 40.0 Å². The fraction of sp³-hybridized carbons (Fsp3) is 0.294. The number of nitrogens with zero attached hydrogens (tertiary/aromatic N) is 4. The Morgan fingerprint density at radius 3 is 2.67 bits per heavy atom. The van der Waals surface area contributed by atoms with Crippen LogP contribution in [0.4, 0.5) is 20.7 Å². The molecule has 27 heavy (non-hydrogen) atoms. The predicted molar refractivity (Wildman–Crippen MR) is 92.8 cm³/mol. The Balaban J connectivity index is 1.88. The third kappa shape index (κ3) is 3.82. The van der Waals surface area contributed by atoms with E-state index in [9.17, 15) is 19.2 Å². The molecule has 0 unspecified atom stereocenters. The van der Waals surface area contributed by atoms with Crippen molar-refractivity contribution in [2.45, 2.75) is 12.5 Å². The fourth-order valence-electron chi connectivity index (χ4n) is 3.06. The monoisotopic (exact) mass is 372 g/mol. The number of nitrogens with one attached hydrogen (secondary N) is 1. The van der Waals surface area contributed by atoms with E-state index in [1.54, 1.807) is 0 Å². The van der Waals surface area contributed by atoms with E-state index in [2.05, 4.69) is 16.5 Å². The molecule has 0 aliphatic carbocycles. The smallest absolute Gasteiger partial charge is 0.407 e. The maximum atomic E-state index is 13.1. The van der Waals surface area contributed by atoms with Crippen molar-refractivity contribution in [1.82, 2.24) is 14.7 Å². The Morgan fingerprint density at radius 2 is 2.07 bits per heavy atom. The van der Waals surface area contributed by atoms with Crippen LogP contribution < -0.4 is 11.1 Å². The topological polar surface area (TPSA) is 137 Å². The van der Waals surface area contributed by atoms with E-state index in [4.69, 9.17) is 10.8 Å². The maximum absolute atomic E-state index is 13.1. The predicted octanol–water partition coefficient (Wildman–Crippen LogP) is 1.93. The molecule has 1 aromatic heterocycles. The molecule has 140 valence electrons. The first-order chi connectivity index (χ1) is 12.9. The van der Waals surface area contributed by atoms with Crippen molar-refractivity contribution < 1.29 is 19.1 Å². The third-order valence-corrected chi connectivity index (χ3v) is 4.46. The number of nitriles is 1. The zero-order valence-electron chi connectivity index (χ0n) is 14.2. The summed E-state index contributed by atoms with van der Waals surface area (Å²) >= 11 is 0. The number of piperidine rings is 1. The number of rotatable bonds is 4. The van der Waals surface area contributed by atoms with E-state index in [0.29, 0.717) is 12.1 Å². The third-order valence-electron chi connectivity index (χ3n) is 4.46. The molecule has 1 fully saturated rings. The fourth-order valence-corrected chi connectivity index (χ4v) is 3.06. The summed E-state index contributed by atoms with van der Waals surface area (Å²) in [5.41, 5.74) is 6.06. The van der Waals surface area contributed by atoms with Crippen LogP contribution in [0.1, 0.15) is 22.8 Å². The van der Waals surface area contributed by atoms with Crippen LogP contribution in [0, 0.1) is 23.1 Å². The molecule has 10 heteroatoms. The number of carbonyl (C=O) groups is 2. The highest BCUT2D eigenvalue weighted by Gasteiger charge is 2.34.